The Morgan fingerprint density at radius 1 is 0.340 bits per heavy atom. The van der Waals surface area contributed by atoms with Gasteiger partial charge in [-0.25, -0.2) is 4.98 Å². The molecular weight excluding hydrogens is 1240 g/mol. The summed E-state index contributed by atoms with van der Waals surface area (Å²) < 4.78 is 24.5. The first-order chi connectivity index (χ1) is 49.3. The second kappa shape index (κ2) is 22.5. The van der Waals surface area contributed by atoms with E-state index < -0.39 is 0 Å². The molecule has 474 valence electrons. The molecule has 8 heteroatoms. The van der Waals surface area contributed by atoms with Gasteiger partial charge >= 0.3 is 0 Å². The van der Waals surface area contributed by atoms with Crippen LogP contribution in [0.5, 0.6) is 0 Å². The lowest BCUT2D eigenvalue weighted by molar-refractivity contribution is 0.663. The lowest BCUT2D eigenvalue weighted by Gasteiger charge is -2.08. The molecule has 23 rings (SSSR count). The van der Waals surface area contributed by atoms with Gasteiger partial charge in [-0.15, -0.1) is 11.3 Å². The molecule has 0 atom stereocenters. The average Bonchev–Trinajstić information content (AvgIpc) is 1.56. The van der Waals surface area contributed by atoms with E-state index in [0.29, 0.717) is 0 Å². The minimum atomic E-state index is 0.821. The second-order valence-electron chi connectivity index (χ2n) is 26.7. The summed E-state index contributed by atoms with van der Waals surface area (Å²) in [5.41, 5.74) is 22.9. The summed E-state index contributed by atoms with van der Waals surface area (Å²) in [5, 5.41) is 20.5. The van der Waals surface area contributed by atoms with Crippen molar-refractivity contribution in [1.29, 1.82) is 0 Å². The molecule has 7 nitrogen and oxygen atoms in total. The third-order valence-electron chi connectivity index (χ3n) is 21.0. The highest BCUT2D eigenvalue weighted by atomic mass is 32.1. The lowest BCUT2D eigenvalue weighted by atomic mass is 9.99. The van der Waals surface area contributed by atoms with Crippen molar-refractivity contribution in [1.82, 2.24) is 23.3 Å². The van der Waals surface area contributed by atoms with Crippen LogP contribution in [0.4, 0.5) is 0 Å². The van der Waals surface area contributed by atoms with Crippen molar-refractivity contribution >= 4 is 173 Å². The van der Waals surface area contributed by atoms with Crippen molar-refractivity contribution in [2.24, 2.45) is 14.1 Å². The van der Waals surface area contributed by atoms with E-state index in [-0.39, 0.29) is 0 Å². The Morgan fingerprint density at radius 2 is 0.840 bits per heavy atom. The van der Waals surface area contributed by atoms with Gasteiger partial charge in [0.2, 0.25) is 0 Å². The van der Waals surface area contributed by atoms with E-state index in [4.69, 9.17) is 13.8 Å². The summed E-state index contributed by atoms with van der Waals surface area (Å²) in [6.45, 7) is 4.27. The maximum absolute atomic E-state index is 6.31. The Balaban J connectivity index is 0.0000000903. The number of rotatable bonds is 2. The Bertz CT molecular complexity index is 6910. The van der Waals surface area contributed by atoms with E-state index in [1.54, 1.807) is 0 Å². The maximum Gasteiger partial charge on any atom is 0.181 e. The first-order valence-corrected chi connectivity index (χ1v) is 35.1. The van der Waals surface area contributed by atoms with Gasteiger partial charge in [-0.2, -0.15) is 0 Å². The summed E-state index contributed by atoms with van der Waals surface area (Å²) in [6.07, 6.45) is 2.93. The van der Waals surface area contributed by atoms with Gasteiger partial charge in [-0.3, -0.25) is 4.57 Å². The number of benzene rings is 14. The molecule has 8 heterocycles. The molecule has 0 aliphatic heterocycles. The Hall–Kier alpha value is -12.5. The van der Waals surface area contributed by atoms with Crippen molar-refractivity contribution in [2.45, 2.75) is 20.3 Å². The number of furan rings is 2. The van der Waals surface area contributed by atoms with E-state index in [1.807, 2.05) is 53.9 Å². The molecule has 0 fully saturated rings. The second-order valence-corrected chi connectivity index (χ2v) is 27.7. The number of fused-ring (bicyclic) bond motifs is 29. The van der Waals surface area contributed by atoms with E-state index in [1.165, 1.54) is 141 Å². The summed E-state index contributed by atoms with van der Waals surface area (Å²) in [5.74, 6) is 0.832. The average molecular weight is 1300 g/mol. The number of pyridine rings is 1. The molecule has 0 saturated carbocycles. The van der Waals surface area contributed by atoms with Crippen LogP contribution < -0.4 is 0 Å². The van der Waals surface area contributed by atoms with Crippen molar-refractivity contribution in [3.63, 3.8) is 0 Å². The molecule has 0 saturated heterocycles. The molecule has 0 unspecified atom stereocenters. The van der Waals surface area contributed by atoms with Crippen molar-refractivity contribution in [2.75, 3.05) is 0 Å². The fourth-order valence-electron chi connectivity index (χ4n) is 16.6. The summed E-state index contributed by atoms with van der Waals surface area (Å²) >= 11 is 1.91. The van der Waals surface area contributed by atoms with Crippen LogP contribution in [-0.2, 0) is 20.5 Å². The molecule has 0 spiro atoms. The van der Waals surface area contributed by atoms with Gasteiger partial charge in [-0.05, 0) is 127 Å². The van der Waals surface area contributed by atoms with Gasteiger partial charge in [0.15, 0.2) is 17.0 Å². The van der Waals surface area contributed by atoms with Crippen LogP contribution in [0.2, 0.25) is 0 Å². The quantitative estimate of drug-likeness (QED) is 0.173. The summed E-state index contributed by atoms with van der Waals surface area (Å²) in [7, 11) is 4.36. The fourth-order valence-corrected chi connectivity index (χ4v) is 17.8. The molecule has 0 N–H and O–H groups in total. The van der Waals surface area contributed by atoms with Crippen LogP contribution in [0.15, 0.2) is 306 Å². The highest BCUT2D eigenvalue weighted by Gasteiger charge is 2.25. The molecule has 0 amide bonds. The minimum absolute atomic E-state index is 0.821. The van der Waals surface area contributed by atoms with E-state index in [9.17, 15) is 0 Å². The minimum Gasteiger partial charge on any atom is -0.454 e. The first kappa shape index (κ1) is 57.7. The van der Waals surface area contributed by atoms with Gasteiger partial charge in [0, 0.05) is 132 Å². The van der Waals surface area contributed by atoms with Gasteiger partial charge < -0.3 is 22.5 Å². The fraction of sp³-hybridized carbons (Fsp3) is 0.0543. The number of hydrogen-bond donors (Lipinski definition) is 0. The number of aryl methyl sites for hydroxylation is 4. The van der Waals surface area contributed by atoms with E-state index in [2.05, 4.69) is 301 Å². The van der Waals surface area contributed by atoms with Crippen LogP contribution in [0.25, 0.3) is 185 Å². The Kier molecular flexibility index (Phi) is 13.0. The lowest BCUT2D eigenvalue weighted by Crippen LogP contribution is -1.97. The number of nitrogens with zero attached hydrogens (tertiary/aromatic N) is 5. The zero-order valence-electron chi connectivity index (χ0n) is 55.5. The maximum atomic E-state index is 6.31. The number of thiophene rings is 1. The largest absolute Gasteiger partial charge is 0.454 e. The predicted molar refractivity (Wildman–Crippen MR) is 423 cm³/mol. The smallest absolute Gasteiger partial charge is 0.181 e. The topological polar surface area (TPSA) is 58.9 Å². The summed E-state index contributed by atoms with van der Waals surface area (Å²) in [6, 6.07) is 104. The van der Waals surface area contributed by atoms with Crippen LogP contribution >= 0.6 is 11.3 Å². The van der Waals surface area contributed by atoms with E-state index in [0.717, 1.165) is 72.8 Å². The van der Waals surface area contributed by atoms with E-state index >= 15 is 0 Å². The van der Waals surface area contributed by atoms with Crippen molar-refractivity contribution in [3.05, 3.63) is 320 Å². The normalized spacial score (nSPS) is 12.2. The van der Waals surface area contributed by atoms with Crippen LogP contribution in [0.1, 0.15) is 22.3 Å². The molecule has 0 bridgehead atoms. The predicted octanol–water partition coefficient (Wildman–Crippen LogP) is 25.1. The highest BCUT2D eigenvalue weighted by Crippen LogP contribution is 2.49. The summed E-state index contributed by atoms with van der Waals surface area (Å²) in [4.78, 5) is 4.74. The zero-order valence-corrected chi connectivity index (χ0v) is 56.3. The van der Waals surface area contributed by atoms with Crippen molar-refractivity contribution < 1.29 is 8.83 Å². The molecule has 0 radical (unpaired) electrons. The standard InChI is InChI=1S/C25H17NO.C24H16N2O.C23H15NS.C20H15N/c1-16-13-14-22-20(15-16)17-7-2-4-10-21(17)26(22)23-11-6-9-19-18-8-3-5-12-24(18)27-25(19)23;1-15-10-11-21-19(14-15)16-6-2-4-8-20(16)26(21)24-23-18(12-13-25-24)17-7-3-5-9-22(17)27-23;1-24-18-12-6-4-10-16(18)20-21-17-11-5-7-13-19(17)25-23(21)15-9-3-2-8-14(15)22(20)24;1-21-17-9-5-4-8-16(17)20-18(21)11-10-14-12-13-6-2-3-7-15(13)19(14)20/h2-15H,1H3;2-14H,1H3;2-13H,1H3;2-11H,12H2,1H3. The number of aromatic nitrogens is 5. The monoisotopic (exact) mass is 1300 g/mol. The van der Waals surface area contributed by atoms with Gasteiger partial charge in [0.1, 0.15) is 11.2 Å². The Labute approximate surface area is 578 Å². The molecule has 22 aromatic rings. The highest BCUT2D eigenvalue weighted by molar-refractivity contribution is 7.27. The van der Waals surface area contributed by atoms with Gasteiger partial charge in [0.25, 0.3) is 0 Å². The van der Waals surface area contributed by atoms with Gasteiger partial charge in [0.05, 0.1) is 33.3 Å². The molecule has 8 aromatic heterocycles. The van der Waals surface area contributed by atoms with Crippen LogP contribution in [-0.4, -0.2) is 23.3 Å². The Morgan fingerprint density at radius 3 is 1.54 bits per heavy atom. The number of hydrogen-bond acceptors (Lipinski definition) is 4. The SMILES string of the molecule is Cc1ccc2c(c1)c1ccccc1n2-c1cccc2c1oc1ccccc12.Cc1ccc2c(c1)c1ccccc1n2-c1nccc2c1oc1ccccc12.Cn1c2ccccc2c2c3c(ccc21)Cc1ccccc1-3.Cn1c2ccccc2c2c3c4ccccc4sc3c3ccccc3c21. The third-order valence-corrected chi connectivity index (χ3v) is 22.2. The molecule has 14 aromatic carbocycles. The molecule has 1 aliphatic rings. The third kappa shape index (κ3) is 8.66. The zero-order chi connectivity index (χ0) is 66.4. The van der Waals surface area contributed by atoms with Crippen LogP contribution in [0.3, 0.4) is 0 Å². The number of para-hydroxylation sites is 7. The van der Waals surface area contributed by atoms with Gasteiger partial charge in [-0.1, -0.05) is 217 Å². The molecule has 1 aliphatic carbocycles. The molecular formula is C92H63N5O2S. The molecule has 100 heavy (non-hydrogen) atoms. The van der Waals surface area contributed by atoms with Crippen molar-refractivity contribution in [3.8, 4) is 22.6 Å². The first-order valence-electron chi connectivity index (χ1n) is 34.2. The van der Waals surface area contributed by atoms with Crippen LogP contribution in [0, 0.1) is 13.8 Å².